The van der Waals surface area contributed by atoms with Gasteiger partial charge < -0.3 is 9.52 Å². The second-order valence-corrected chi connectivity index (χ2v) is 2.83. The van der Waals surface area contributed by atoms with Gasteiger partial charge >= 0.3 is 5.63 Å². The molecular weight excluding hydrogens is 198 g/mol. The van der Waals surface area contributed by atoms with Crippen molar-refractivity contribution in [3.63, 3.8) is 0 Å². The van der Waals surface area contributed by atoms with Crippen molar-refractivity contribution in [2.45, 2.75) is 0 Å². The summed E-state index contributed by atoms with van der Waals surface area (Å²) in [4.78, 5) is 13.7. The van der Waals surface area contributed by atoms with Gasteiger partial charge in [-0.1, -0.05) is 5.11 Å². The number of azide groups is 1. The zero-order chi connectivity index (χ0) is 10.8. The van der Waals surface area contributed by atoms with Crippen molar-refractivity contribution < 1.29 is 9.52 Å². The van der Waals surface area contributed by atoms with E-state index in [-0.39, 0.29) is 11.4 Å². The minimum Gasteiger partial charge on any atom is -0.508 e. The Morgan fingerprint density at radius 2 is 2.20 bits per heavy atom. The largest absolute Gasteiger partial charge is 0.508 e. The Hall–Kier alpha value is -2.46. The molecule has 2 aromatic rings. The van der Waals surface area contributed by atoms with E-state index < -0.39 is 5.63 Å². The van der Waals surface area contributed by atoms with E-state index in [4.69, 9.17) is 9.95 Å². The van der Waals surface area contributed by atoms with Crippen LogP contribution in [0.15, 0.2) is 38.6 Å². The van der Waals surface area contributed by atoms with Crippen LogP contribution in [0.1, 0.15) is 0 Å². The summed E-state index contributed by atoms with van der Waals surface area (Å²) in [5.74, 6) is 0.0447. The Kier molecular flexibility index (Phi) is 2.04. The van der Waals surface area contributed by atoms with Gasteiger partial charge in [0.1, 0.15) is 17.0 Å². The van der Waals surface area contributed by atoms with Gasteiger partial charge in [0.2, 0.25) is 0 Å². The van der Waals surface area contributed by atoms with Gasteiger partial charge in [0, 0.05) is 10.3 Å². The number of nitrogens with zero attached hydrogens (tertiary/aromatic N) is 3. The van der Waals surface area contributed by atoms with E-state index in [1.54, 1.807) is 0 Å². The lowest BCUT2D eigenvalue weighted by molar-refractivity contribution is 0.475. The molecule has 0 spiro atoms. The van der Waals surface area contributed by atoms with E-state index in [1.807, 2.05) is 0 Å². The Balaban J connectivity index is 2.83. The number of rotatable bonds is 1. The molecule has 0 aliphatic heterocycles. The highest BCUT2D eigenvalue weighted by atomic mass is 16.4. The topological polar surface area (TPSA) is 99.2 Å². The molecule has 0 bridgehead atoms. The predicted molar refractivity (Wildman–Crippen MR) is 53.0 cm³/mol. The average Bonchev–Trinajstić information content (AvgIpc) is 2.20. The number of fused-ring (bicyclic) bond motifs is 1. The Bertz CT molecular complexity index is 626. The van der Waals surface area contributed by atoms with E-state index in [0.29, 0.717) is 11.0 Å². The molecule has 0 unspecified atom stereocenters. The van der Waals surface area contributed by atoms with Crippen LogP contribution in [0.25, 0.3) is 21.4 Å². The summed E-state index contributed by atoms with van der Waals surface area (Å²) in [5.41, 5.74) is 7.70. The van der Waals surface area contributed by atoms with Crippen LogP contribution in [0.5, 0.6) is 5.75 Å². The Morgan fingerprint density at radius 3 is 2.93 bits per heavy atom. The molecule has 2 rings (SSSR count). The van der Waals surface area contributed by atoms with Crippen LogP contribution < -0.4 is 5.63 Å². The minimum atomic E-state index is -0.703. The average molecular weight is 203 g/mol. The zero-order valence-corrected chi connectivity index (χ0v) is 7.41. The third-order valence-electron chi connectivity index (χ3n) is 1.85. The maximum atomic E-state index is 11.2. The van der Waals surface area contributed by atoms with Gasteiger partial charge in [0.05, 0.1) is 0 Å². The van der Waals surface area contributed by atoms with Gasteiger partial charge in [0.25, 0.3) is 0 Å². The van der Waals surface area contributed by atoms with Crippen LogP contribution in [0.2, 0.25) is 0 Å². The van der Waals surface area contributed by atoms with Crippen molar-refractivity contribution in [3.8, 4) is 5.75 Å². The Labute approximate surface area is 83.0 Å². The summed E-state index contributed by atoms with van der Waals surface area (Å²) in [5, 5.41) is 12.9. The summed E-state index contributed by atoms with van der Waals surface area (Å²) >= 11 is 0. The molecule has 0 fully saturated rings. The molecule has 1 N–H and O–H groups in total. The molecule has 0 aliphatic carbocycles. The fourth-order valence-corrected chi connectivity index (χ4v) is 1.22. The molecule has 74 valence electrons. The molecule has 0 amide bonds. The summed E-state index contributed by atoms with van der Waals surface area (Å²) in [6, 6.07) is 5.64. The van der Waals surface area contributed by atoms with Gasteiger partial charge in [0.15, 0.2) is 0 Å². The SMILES string of the molecule is [N-]=[N+]=Nc1cc2cc(O)ccc2oc1=O. The normalized spacial score (nSPS) is 9.87. The van der Waals surface area contributed by atoms with Crippen LogP contribution >= 0.6 is 0 Å². The fraction of sp³-hybridized carbons (Fsp3) is 0. The lowest BCUT2D eigenvalue weighted by atomic mass is 10.2. The number of aromatic hydroxyl groups is 1. The lowest BCUT2D eigenvalue weighted by Crippen LogP contribution is -1.96. The number of phenolic OH excluding ortho intramolecular Hbond substituents is 1. The quantitative estimate of drug-likeness (QED) is 0.333. The van der Waals surface area contributed by atoms with Crippen molar-refractivity contribution in [2.75, 3.05) is 0 Å². The van der Waals surface area contributed by atoms with E-state index in [2.05, 4.69) is 10.0 Å². The van der Waals surface area contributed by atoms with Crippen LogP contribution in [-0.4, -0.2) is 5.11 Å². The molecule has 1 aromatic carbocycles. The maximum Gasteiger partial charge on any atom is 0.345 e. The molecule has 1 heterocycles. The molecular formula is C9H5N3O3. The van der Waals surface area contributed by atoms with Gasteiger partial charge in [-0.25, -0.2) is 4.79 Å². The highest BCUT2D eigenvalue weighted by molar-refractivity contribution is 5.80. The third-order valence-corrected chi connectivity index (χ3v) is 1.85. The number of hydrogen-bond acceptors (Lipinski definition) is 4. The zero-order valence-electron chi connectivity index (χ0n) is 7.41. The van der Waals surface area contributed by atoms with Crippen LogP contribution in [0.4, 0.5) is 5.69 Å². The van der Waals surface area contributed by atoms with Crippen molar-refractivity contribution >= 4 is 16.7 Å². The molecule has 0 atom stereocenters. The van der Waals surface area contributed by atoms with E-state index in [0.717, 1.165) is 0 Å². The van der Waals surface area contributed by atoms with Crippen molar-refractivity contribution in [1.82, 2.24) is 0 Å². The monoisotopic (exact) mass is 203 g/mol. The number of benzene rings is 1. The van der Waals surface area contributed by atoms with Gasteiger partial charge in [-0.15, -0.1) is 0 Å². The first-order valence-corrected chi connectivity index (χ1v) is 4.02. The second-order valence-electron chi connectivity index (χ2n) is 2.83. The predicted octanol–water partition coefficient (Wildman–Crippen LogP) is 2.44. The highest BCUT2D eigenvalue weighted by Gasteiger charge is 2.03. The number of phenols is 1. The van der Waals surface area contributed by atoms with E-state index in [9.17, 15) is 9.90 Å². The number of hydrogen-bond donors (Lipinski definition) is 1. The summed E-state index contributed by atoms with van der Waals surface area (Å²) < 4.78 is 4.87. The molecule has 6 nitrogen and oxygen atoms in total. The van der Waals surface area contributed by atoms with Gasteiger partial charge in [-0.3, -0.25) is 0 Å². The molecule has 0 saturated heterocycles. The maximum absolute atomic E-state index is 11.2. The molecule has 0 aliphatic rings. The van der Waals surface area contributed by atoms with Crippen LogP contribution in [0.3, 0.4) is 0 Å². The molecule has 6 heteroatoms. The highest BCUT2D eigenvalue weighted by Crippen LogP contribution is 2.21. The summed E-state index contributed by atoms with van der Waals surface area (Å²) in [7, 11) is 0. The molecule has 0 saturated carbocycles. The first kappa shape index (κ1) is 9.11. The standard InChI is InChI=1S/C9H5N3O3/c10-12-11-7-4-5-3-6(13)1-2-8(5)15-9(7)14/h1-4,13H. The van der Waals surface area contributed by atoms with E-state index in [1.165, 1.54) is 24.3 Å². The van der Waals surface area contributed by atoms with E-state index >= 15 is 0 Å². The second kappa shape index (κ2) is 3.36. The van der Waals surface area contributed by atoms with Gasteiger partial charge in [-0.05, 0) is 29.8 Å². The lowest BCUT2D eigenvalue weighted by Gasteiger charge is -1.97. The molecule has 1 aromatic heterocycles. The van der Waals surface area contributed by atoms with Crippen LogP contribution in [-0.2, 0) is 0 Å². The van der Waals surface area contributed by atoms with Crippen molar-refractivity contribution in [2.24, 2.45) is 5.11 Å². The molecule has 15 heavy (non-hydrogen) atoms. The smallest absolute Gasteiger partial charge is 0.345 e. The Morgan fingerprint density at radius 1 is 1.40 bits per heavy atom. The fourth-order valence-electron chi connectivity index (χ4n) is 1.22. The third kappa shape index (κ3) is 1.61. The minimum absolute atomic E-state index is 0.0447. The van der Waals surface area contributed by atoms with Crippen molar-refractivity contribution in [1.29, 1.82) is 0 Å². The first-order valence-electron chi connectivity index (χ1n) is 4.02. The molecule has 0 radical (unpaired) electrons. The summed E-state index contributed by atoms with van der Waals surface area (Å²) in [6.45, 7) is 0. The van der Waals surface area contributed by atoms with Gasteiger partial charge in [-0.2, -0.15) is 0 Å². The summed E-state index contributed by atoms with van der Waals surface area (Å²) in [6.07, 6.45) is 0. The first-order chi connectivity index (χ1) is 7.20. The van der Waals surface area contributed by atoms with Crippen LogP contribution in [0, 0.1) is 0 Å². The van der Waals surface area contributed by atoms with Crippen molar-refractivity contribution in [3.05, 3.63) is 45.1 Å².